The van der Waals surface area contributed by atoms with Crippen LogP contribution in [0.4, 0.5) is 0 Å². The number of hydrogen-bond donors (Lipinski definition) is 0. The lowest BCUT2D eigenvalue weighted by molar-refractivity contribution is -0.0110. The summed E-state index contributed by atoms with van der Waals surface area (Å²) in [5.74, 6) is 1.50. The van der Waals surface area contributed by atoms with Crippen LogP contribution in [0.3, 0.4) is 0 Å². The molecule has 1 atom stereocenters. The van der Waals surface area contributed by atoms with Crippen molar-refractivity contribution in [2.75, 3.05) is 13.2 Å². The summed E-state index contributed by atoms with van der Waals surface area (Å²) in [7, 11) is 0. The number of oxazole rings is 1. The monoisotopic (exact) mass is 335 g/mol. The number of rotatable bonds is 5. The van der Waals surface area contributed by atoms with Crippen molar-refractivity contribution in [1.29, 1.82) is 0 Å². The van der Waals surface area contributed by atoms with E-state index in [4.69, 9.17) is 13.9 Å². The molecule has 0 N–H and O–H groups in total. The van der Waals surface area contributed by atoms with Crippen molar-refractivity contribution in [3.05, 3.63) is 61.0 Å². The molecule has 1 fully saturated rings. The lowest BCUT2D eigenvalue weighted by Crippen LogP contribution is -2.25. The molecular weight excluding hydrogens is 314 g/mol. The van der Waals surface area contributed by atoms with Crippen LogP contribution in [0.25, 0.3) is 22.6 Å². The van der Waals surface area contributed by atoms with Gasteiger partial charge in [0.2, 0.25) is 5.89 Å². The van der Waals surface area contributed by atoms with Crippen molar-refractivity contribution in [2.45, 2.75) is 25.4 Å². The minimum atomic E-state index is 0.221. The predicted octanol–water partition coefficient (Wildman–Crippen LogP) is 4.96. The molecule has 1 saturated heterocycles. The van der Waals surface area contributed by atoms with Crippen LogP contribution in [0, 0.1) is 0 Å². The quantitative estimate of drug-likeness (QED) is 0.661. The Balaban J connectivity index is 1.49. The van der Waals surface area contributed by atoms with Gasteiger partial charge in [0.1, 0.15) is 18.6 Å². The average Bonchev–Trinajstić information content (AvgIpc) is 3.22. The number of benzene rings is 2. The number of nitrogens with zero attached hydrogens (tertiary/aromatic N) is 1. The number of aromatic nitrogens is 1. The van der Waals surface area contributed by atoms with Gasteiger partial charge in [-0.25, -0.2) is 4.98 Å². The van der Waals surface area contributed by atoms with Crippen molar-refractivity contribution in [3.63, 3.8) is 0 Å². The van der Waals surface area contributed by atoms with Crippen LogP contribution in [0.2, 0.25) is 0 Å². The highest BCUT2D eigenvalue weighted by Gasteiger charge is 2.14. The highest BCUT2D eigenvalue weighted by atomic mass is 16.5. The maximum absolute atomic E-state index is 5.88. The first-order chi connectivity index (χ1) is 12.4. The van der Waals surface area contributed by atoms with Gasteiger partial charge in [0.25, 0.3) is 0 Å². The first-order valence-electron chi connectivity index (χ1n) is 8.74. The summed E-state index contributed by atoms with van der Waals surface area (Å²) in [6.07, 6.45) is 6.95. The van der Waals surface area contributed by atoms with Crippen LogP contribution >= 0.6 is 0 Å². The van der Waals surface area contributed by atoms with E-state index in [-0.39, 0.29) is 6.10 Å². The molecule has 0 spiro atoms. The molecule has 4 heteroatoms. The smallest absolute Gasteiger partial charge is 0.226 e. The summed E-state index contributed by atoms with van der Waals surface area (Å²) >= 11 is 0. The van der Waals surface area contributed by atoms with Gasteiger partial charge in [-0.15, -0.1) is 0 Å². The van der Waals surface area contributed by atoms with Gasteiger partial charge in [0.05, 0.1) is 12.3 Å². The maximum atomic E-state index is 5.88. The maximum Gasteiger partial charge on any atom is 0.226 e. The van der Waals surface area contributed by atoms with E-state index in [1.54, 1.807) is 12.5 Å². The number of hydrogen-bond acceptors (Lipinski definition) is 4. The lowest BCUT2D eigenvalue weighted by Gasteiger charge is -2.22. The molecular formula is C21H21NO3. The molecule has 1 aliphatic heterocycles. The van der Waals surface area contributed by atoms with E-state index in [0.717, 1.165) is 41.9 Å². The van der Waals surface area contributed by atoms with Crippen molar-refractivity contribution in [2.24, 2.45) is 0 Å². The largest absolute Gasteiger partial charge is 0.491 e. The third-order valence-corrected chi connectivity index (χ3v) is 4.46. The van der Waals surface area contributed by atoms with Crippen LogP contribution in [-0.2, 0) is 4.74 Å². The lowest BCUT2D eigenvalue weighted by atomic mass is 9.99. The van der Waals surface area contributed by atoms with E-state index in [1.807, 2.05) is 30.3 Å². The Morgan fingerprint density at radius 3 is 2.56 bits per heavy atom. The van der Waals surface area contributed by atoms with Gasteiger partial charge in [-0.05, 0) is 48.6 Å². The van der Waals surface area contributed by atoms with E-state index >= 15 is 0 Å². The number of ether oxygens (including phenoxy) is 2. The Bertz CT molecular complexity index is 790. The standard InChI is InChI=1S/C21H21NO3/c1-2-7-20(21-22-12-14-24-21)19(6-1)16-8-10-17(11-9-16)25-15-18-5-3-4-13-23-18/h1-2,6-12,14,18H,3-5,13,15H2. The molecule has 0 amide bonds. The fraction of sp³-hybridized carbons (Fsp3) is 0.286. The Morgan fingerprint density at radius 2 is 1.84 bits per heavy atom. The van der Waals surface area contributed by atoms with E-state index in [9.17, 15) is 0 Å². The third kappa shape index (κ3) is 3.74. The van der Waals surface area contributed by atoms with Crippen molar-refractivity contribution >= 4 is 0 Å². The molecule has 0 aliphatic carbocycles. The topological polar surface area (TPSA) is 44.5 Å². The van der Waals surface area contributed by atoms with Crippen molar-refractivity contribution < 1.29 is 13.9 Å². The van der Waals surface area contributed by atoms with Gasteiger partial charge < -0.3 is 13.9 Å². The van der Waals surface area contributed by atoms with E-state index in [2.05, 4.69) is 23.2 Å². The zero-order valence-corrected chi connectivity index (χ0v) is 14.1. The van der Waals surface area contributed by atoms with Gasteiger partial charge in [-0.2, -0.15) is 0 Å². The van der Waals surface area contributed by atoms with Crippen LogP contribution in [0.1, 0.15) is 19.3 Å². The second-order valence-corrected chi connectivity index (χ2v) is 6.21. The summed E-state index contributed by atoms with van der Waals surface area (Å²) in [4.78, 5) is 4.27. The second-order valence-electron chi connectivity index (χ2n) is 6.21. The van der Waals surface area contributed by atoms with Crippen molar-refractivity contribution in [1.82, 2.24) is 4.98 Å². The fourth-order valence-electron chi connectivity index (χ4n) is 3.14. The molecule has 1 unspecified atom stereocenters. The second kappa shape index (κ2) is 7.53. The van der Waals surface area contributed by atoms with Gasteiger partial charge in [-0.3, -0.25) is 0 Å². The van der Waals surface area contributed by atoms with Crippen LogP contribution in [-0.4, -0.2) is 24.3 Å². The molecule has 25 heavy (non-hydrogen) atoms. The molecule has 3 aromatic rings. The van der Waals surface area contributed by atoms with Gasteiger partial charge in [0.15, 0.2) is 0 Å². The Hall–Kier alpha value is -2.59. The predicted molar refractivity (Wildman–Crippen MR) is 96.5 cm³/mol. The highest BCUT2D eigenvalue weighted by Crippen LogP contribution is 2.32. The zero-order chi connectivity index (χ0) is 16.9. The molecule has 4 rings (SSSR count). The molecule has 1 aliphatic rings. The molecule has 0 radical (unpaired) electrons. The molecule has 2 aromatic carbocycles. The van der Waals surface area contributed by atoms with Crippen LogP contribution < -0.4 is 4.74 Å². The minimum Gasteiger partial charge on any atom is -0.491 e. The van der Waals surface area contributed by atoms with E-state index in [0.29, 0.717) is 12.5 Å². The minimum absolute atomic E-state index is 0.221. The molecule has 128 valence electrons. The first kappa shape index (κ1) is 15.9. The Morgan fingerprint density at radius 1 is 1.00 bits per heavy atom. The third-order valence-electron chi connectivity index (χ3n) is 4.46. The summed E-state index contributed by atoms with van der Waals surface area (Å²) in [6, 6.07) is 16.3. The van der Waals surface area contributed by atoms with Gasteiger partial charge in [0, 0.05) is 12.2 Å². The average molecular weight is 335 g/mol. The van der Waals surface area contributed by atoms with Crippen molar-refractivity contribution in [3.8, 4) is 28.3 Å². The summed E-state index contributed by atoms with van der Waals surface area (Å²) in [5.41, 5.74) is 3.18. The molecule has 1 aromatic heterocycles. The summed E-state index contributed by atoms with van der Waals surface area (Å²) in [5, 5.41) is 0. The summed E-state index contributed by atoms with van der Waals surface area (Å²) < 4.78 is 17.1. The van der Waals surface area contributed by atoms with Crippen LogP contribution in [0.5, 0.6) is 5.75 Å². The van der Waals surface area contributed by atoms with Gasteiger partial charge in [-0.1, -0.05) is 30.3 Å². The van der Waals surface area contributed by atoms with E-state index < -0.39 is 0 Å². The molecule has 4 nitrogen and oxygen atoms in total. The zero-order valence-electron chi connectivity index (χ0n) is 14.1. The van der Waals surface area contributed by atoms with Crippen LogP contribution in [0.15, 0.2) is 65.4 Å². The van der Waals surface area contributed by atoms with E-state index in [1.165, 1.54) is 6.42 Å². The molecule has 2 heterocycles. The fourth-order valence-corrected chi connectivity index (χ4v) is 3.14. The highest BCUT2D eigenvalue weighted by molar-refractivity contribution is 5.80. The first-order valence-corrected chi connectivity index (χ1v) is 8.74. The Kier molecular flexibility index (Phi) is 4.79. The molecule has 0 saturated carbocycles. The van der Waals surface area contributed by atoms with Gasteiger partial charge >= 0.3 is 0 Å². The SMILES string of the molecule is c1ccc(-c2ncco2)c(-c2ccc(OCC3CCCCO3)cc2)c1. The molecule has 0 bridgehead atoms. The summed E-state index contributed by atoms with van der Waals surface area (Å²) in [6.45, 7) is 1.47. The normalized spacial score (nSPS) is 17.4. The Labute approximate surface area is 147 Å².